The second-order valence-corrected chi connectivity index (χ2v) is 16.2. The van der Waals surface area contributed by atoms with E-state index in [1.807, 2.05) is 189 Å². The van der Waals surface area contributed by atoms with E-state index in [4.69, 9.17) is 42.6 Å². The molecule has 1 unspecified atom stereocenters. The van der Waals surface area contributed by atoms with Gasteiger partial charge in [-0.1, -0.05) is 182 Å². The summed E-state index contributed by atoms with van der Waals surface area (Å²) >= 11 is 0. The van der Waals surface area contributed by atoms with Gasteiger partial charge in [0, 0.05) is 0 Å². The first-order chi connectivity index (χ1) is 31.6. The van der Waals surface area contributed by atoms with Crippen molar-refractivity contribution in [1.82, 2.24) is 0 Å². The van der Waals surface area contributed by atoms with Gasteiger partial charge in [0.1, 0.15) is 42.7 Å². The van der Waals surface area contributed by atoms with E-state index in [1.54, 1.807) is 0 Å². The lowest BCUT2D eigenvalue weighted by molar-refractivity contribution is -0.370. The van der Waals surface area contributed by atoms with Crippen LogP contribution in [0.15, 0.2) is 182 Å². The van der Waals surface area contributed by atoms with Crippen molar-refractivity contribution in [2.75, 3.05) is 6.61 Å². The average molecular weight is 867 g/mol. The number of hydrogen-bond donors (Lipinski definition) is 1. The topological polar surface area (TPSA) is 103 Å². The highest BCUT2D eigenvalue weighted by molar-refractivity contribution is 5.18. The quantitative estimate of drug-likeness (QED) is 0.0755. The first kappa shape index (κ1) is 45.5. The fraction of sp³-hybridized carbons (Fsp3) is 0.333. The first-order valence-corrected chi connectivity index (χ1v) is 22.1. The lowest BCUT2D eigenvalue weighted by atomic mass is 9.96. The molecule has 0 radical (unpaired) electrons. The highest BCUT2D eigenvalue weighted by atomic mass is 16.7. The zero-order chi connectivity index (χ0) is 43.8. The van der Waals surface area contributed by atoms with Crippen LogP contribution in [-0.4, -0.2) is 73.1 Å². The van der Waals surface area contributed by atoms with Gasteiger partial charge in [-0.3, -0.25) is 0 Å². The molecule has 64 heavy (non-hydrogen) atoms. The molecule has 6 aromatic rings. The Labute approximate surface area is 376 Å². The maximum atomic E-state index is 11.8. The van der Waals surface area contributed by atoms with Crippen LogP contribution in [0.2, 0.25) is 0 Å². The van der Waals surface area contributed by atoms with Gasteiger partial charge in [0.05, 0.1) is 52.4 Å². The van der Waals surface area contributed by atoms with E-state index in [0.717, 1.165) is 33.4 Å². The normalized spacial score (nSPS) is 25.8. The summed E-state index contributed by atoms with van der Waals surface area (Å²) in [5.41, 5.74) is 5.87. The molecule has 2 heterocycles. The fourth-order valence-electron chi connectivity index (χ4n) is 8.09. The standard InChI is InChI=1S/C54H58O10/c1-39-47(57-33-41-22-10-3-11-23-41)49(58-34-42-24-12-4-13-25-42)52(61-37-45-30-18-7-19-31-45)54(62-39)64-48-46(38-56-32-40-20-8-2-9-21-40)63-53(55)51(60-36-44-28-16-6-17-29-44)50(48)59-35-43-26-14-5-15-27-43/h2-31,39,46-55H,32-38H2,1H3/t39-,46-,47-,48-,49+,50+,51-,52-,53?,54-/m1/s1. The summed E-state index contributed by atoms with van der Waals surface area (Å²) in [6.07, 6.45) is -8.44. The minimum Gasteiger partial charge on any atom is -0.374 e. The Morgan fingerprint density at radius 3 is 1.11 bits per heavy atom. The summed E-state index contributed by atoms with van der Waals surface area (Å²) in [6.45, 7) is 3.67. The molecule has 2 fully saturated rings. The Morgan fingerprint density at radius 1 is 0.375 bits per heavy atom. The number of benzene rings is 6. The third-order valence-corrected chi connectivity index (χ3v) is 11.4. The van der Waals surface area contributed by atoms with Crippen LogP contribution in [0, 0.1) is 0 Å². The highest BCUT2D eigenvalue weighted by Crippen LogP contribution is 2.36. The van der Waals surface area contributed by atoms with Crippen LogP contribution in [-0.2, 0) is 82.3 Å². The maximum absolute atomic E-state index is 11.8. The zero-order valence-electron chi connectivity index (χ0n) is 36.2. The third-order valence-electron chi connectivity index (χ3n) is 11.4. The van der Waals surface area contributed by atoms with Crippen LogP contribution >= 0.6 is 0 Å². The van der Waals surface area contributed by atoms with Gasteiger partial charge >= 0.3 is 0 Å². The molecular weight excluding hydrogens is 809 g/mol. The molecule has 0 amide bonds. The molecule has 0 spiro atoms. The van der Waals surface area contributed by atoms with E-state index >= 15 is 0 Å². The number of ether oxygens (including phenoxy) is 9. The minimum atomic E-state index is -1.37. The molecule has 10 atom stereocenters. The van der Waals surface area contributed by atoms with Crippen molar-refractivity contribution in [3.8, 4) is 0 Å². The molecule has 8 rings (SSSR count). The monoisotopic (exact) mass is 866 g/mol. The molecule has 6 aromatic carbocycles. The van der Waals surface area contributed by atoms with Gasteiger partial charge in [-0.2, -0.15) is 0 Å². The number of aliphatic hydroxyl groups excluding tert-OH is 1. The summed E-state index contributed by atoms with van der Waals surface area (Å²) in [5, 5.41) is 11.8. The van der Waals surface area contributed by atoms with Crippen LogP contribution in [0.5, 0.6) is 0 Å². The largest absolute Gasteiger partial charge is 0.374 e. The Kier molecular flexibility index (Phi) is 16.9. The Bertz CT molecular complexity index is 2190. The van der Waals surface area contributed by atoms with E-state index in [1.165, 1.54) is 0 Å². The molecule has 10 nitrogen and oxygen atoms in total. The molecule has 2 aliphatic rings. The van der Waals surface area contributed by atoms with E-state index in [0.29, 0.717) is 19.8 Å². The van der Waals surface area contributed by atoms with Crippen molar-refractivity contribution >= 4 is 0 Å². The van der Waals surface area contributed by atoms with Crippen molar-refractivity contribution in [3.05, 3.63) is 215 Å². The van der Waals surface area contributed by atoms with Gasteiger partial charge in [0.2, 0.25) is 0 Å². The first-order valence-electron chi connectivity index (χ1n) is 22.1. The van der Waals surface area contributed by atoms with Crippen molar-refractivity contribution in [3.63, 3.8) is 0 Å². The van der Waals surface area contributed by atoms with Gasteiger partial charge in [-0.15, -0.1) is 0 Å². The highest BCUT2D eigenvalue weighted by Gasteiger charge is 2.53. The average Bonchev–Trinajstić information content (AvgIpc) is 3.34. The van der Waals surface area contributed by atoms with Crippen LogP contribution in [0.4, 0.5) is 0 Å². The van der Waals surface area contributed by atoms with Crippen molar-refractivity contribution in [1.29, 1.82) is 0 Å². The van der Waals surface area contributed by atoms with Gasteiger partial charge in [0.15, 0.2) is 12.6 Å². The second kappa shape index (κ2) is 23.7. The second-order valence-electron chi connectivity index (χ2n) is 16.2. The summed E-state index contributed by atoms with van der Waals surface area (Å²) in [4.78, 5) is 0. The molecule has 1 N–H and O–H groups in total. The summed E-state index contributed by atoms with van der Waals surface area (Å²) in [5.74, 6) is 0. The predicted octanol–water partition coefficient (Wildman–Crippen LogP) is 8.98. The van der Waals surface area contributed by atoms with Crippen molar-refractivity contribution in [2.45, 2.75) is 108 Å². The minimum absolute atomic E-state index is 0.0712. The summed E-state index contributed by atoms with van der Waals surface area (Å²) in [6, 6.07) is 59.7. The van der Waals surface area contributed by atoms with E-state index in [2.05, 4.69) is 0 Å². The zero-order valence-corrected chi connectivity index (χ0v) is 36.2. The van der Waals surface area contributed by atoms with Crippen LogP contribution in [0.25, 0.3) is 0 Å². The van der Waals surface area contributed by atoms with Crippen LogP contribution in [0.3, 0.4) is 0 Å². The molecule has 0 saturated carbocycles. The lowest BCUT2D eigenvalue weighted by Crippen LogP contribution is -2.65. The molecule has 0 aromatic heterocycles. The number of aliphatic hydroxyl groups is 1. The van der Waals surface area contributed by atoms with E-state index < -0.39 is 61.4 Å². The van der Waals surface area contributed by atoms with E-state index in [-0.39, 0.29) is 26.4 Å². The van der Waals surface area contributed by atoms with Gasteiger partial charge in [-0.05, 0) is 40.3 Å². The van der Waals surface area contributed by atoms with Gasteiger partial charge in [0.25, 0.3) is 0 Å². The van der Waals surface area contributed by atoms with Gasteiger partial charge in [-0.25, -0.2) is 0 Å². The van der Waals surface area contributed by atoms with Crippen LogP contribution < -0.4 is 0 Å². The van der Waals surface area contributed by atoms with Crippen molar-refractivity contribution < 1.29 is 47.7 Å². The molecule has 2 aliphatic heterocycles. The van der Waals surface area contributed by atoms with Crippen LogP contribution in [0.1, 0.15) is 40.3 Å². The van der Waals surface area contributed by atoms with Gasteiger partial charge < -0.3 is 47.7 Å². The summed E-state index contributed by atoms with van der Waals surface area (Å²) < 4.78 is 60.8. The smallest absolute Gasteiger partial charge is 0.187 e. The Balaban J connectivity index is 1.14. The molecule has 10 heteroatoms. The van der Waals surface area contributed by atoms with Crippen molar-refractivity contribution in [2.24, 2.45) is 0 Å². The Hall–Kier alpha value is -5.08. The molecular formula is C54H58O10. The molecule has 0 bridgehead atoms. The third kappa shape index (κ3) is 12.8. The maximum Gasteiger partial charge on any atom is 0.187 e. The van der Waals surface area contributed by atoms with E-state index in [9.17, 15) is 5.11 Å². The number of rotatable bonds is 21. The Morgan fingerprint density at radius 2 is 0.703 bits per heavy atom. The molecule has 2 saturated heterocycles. The number of hydrogen-bond acceptors (Lipinski definition) is 10. The predicted molar refractivity (Wildman–Crippen MR) is 241 cm³/mol. The SMILES string of the molecule is C[C@H]1O[C@H](O[C@H]2[C@H](OCc3ccccc3)[C@@H](OCc3ccccc3)C(O)O[C@@H]2COCc2ccccc2)[C@H](OCc2ccccc2)[C@@H](OCc2ccccc2)[C@@H]1OCc1ccccc1. The summed E-state index contributed by atoms with van der Waals surface area (Å²) in [7, 11) is 0. The molecule has 0 aliphatic carbocycles. The fourth-order valence-corrected chi connectivity index (χ4v) is 8.09. The molecule has 334 valence electrons. The lowest BCUT2D eigenvalue weighted by Gasteiger charge is -2.49.